The fraction of sp³-hybridized carbons (Fsp3) is 0.484. The molecule has 0 aromatic heterocycles. The zero-order valence-electron chi connectivity index (χ0n) is 24.3. The number of hydrogen-bond donors (Lipinski definition) is 2. The molecule has 4 aliphatic heterocycles. The number of carbonyl (C=O) groups is 2. The first kappa shape index (κ1) is 28.9. The summed E-state index contributed by atoms with van der Waals surface area (Å²) in [7, 11) is 3.06. The molecule has 4 heterocycles. The Bertz CT molecular complexity index is 1350. The number of methoxy groups -OCH3 is 2. The van der Waals surface area contributed by atoms with E-state index in [0.29, 0.717) is 71.6 Å². The average Bonchev–Trinajstić information content (AvgIpc) is 3.51. The first-order valence-corrected chi connectivity index (χ1v) is 14.6. The molecule has 0 spiro atoms. The molecule has 4 atom stereocenters. The SMILES string of the molecule is COc1cc2c(cc1OCCCCCOc1cc3c(cc1OC)C(=O)N1C[C@@H](O)C[C@H]1C=N3)N=C[C@@H]1C[C@H](O)CN1C2=O. The number of fused-ring (bicyclic) bond motifs is 4. The standard InChI is InChI=1S/C31H36N4O8/c1-40-26-10-22-24(32-14-18-8-20(36)16-34(18)30(22)38)12-28(26)42-6-4-3-5-7-43-29-13-25-23(11-27(29)41-2)31(39)35-17-21(37)9-19(35)15-33-25/h10-15,18-21,36-37H,3-9,16-17H2,1-2H3/t18-,19-,20-,21-/m0/s1. The van der Waals surface area contributed by atoms with Gasteiger partial charge in [-0.3, -0.25) is 19.6 Å². The Kier molecular flexibility index (Phi) is 8.22. The lowest BCUT2D eigenvalue weighted by Crippen LogP contribution is -2.35. The van der Waals surface area contributed by atoms with Crippen molar-refractivity contribution in [2.45, 2.75) is 56.4 Å². The topological polar surface area (TPSA) is 143 Å². The third-order valence-electron chi connectivity index (χ3n) is 8.26. The predicted molar refractivity (Wildman–Crippen MR) is 158 cm³/mol. The molecular weight excluding hydrogens is 556 g/mol. The Morgan fingerprint density at radius 3 is 1.56 bits per heavy atom. The van der Waals surface area contributed by atoms with Crippen molar-refractivity contribution < 1.29 is 38.7 Å². The molecule has 228 valence electrons. The monoisotopic (exact) mass is 592 g/mol. The lowest BCUT2D eigenvalue weighted by atomic mass is 10.1. The number of amides is 2. The van der Waals surface area contributed by atoms with Gasteiger partial charge in [-0.1, -0.05) is 0 Å². The molecule has 12 heteroatoms. The molecule has 2 saturated heterocycles. The largest absolute Gasteiger partial charge is 0.493 e. The van der Waals surface area contributed by atoms with Crippen LogP contribution >= 0.6 is 0 Å². The Hall–Kier alpha value is -4.16. The lowest BCUT2D eigenvalue weighted by molar-refractivity contribution is 0.0743. The predicted octanol–water partition coefficient (Wildman–Crippen LogP) is 2.91. The average molecular weight is 593 g/mol. The summed E-state index contributed by atoms with van der Waals surface area (Å²) < 4.78 is 23.0. The van der Waals surface area contributed by atoms with E-state index >= 15 is 0 Å². The van der Waals surface area contributed by atoms with Crippen LogP contribution in [0.5, 0.6) is 23.0 Å². The van der Waals surface area contributed by atoms with Crippen LogP contribution in [0.4, 0.5) is 11.4 Å². The van der Waals surface area contributed by atoms with Gasteiger partial charge in [0.1, 0.15) is 0 Å². The number of aliphatic imine (C=N–C) groups is 2. The van der Waals surface area contributed by atoms with Crippen molar-refractivity contribution in [2.75, 3.05) is 40.5 Å². The van der Waals surface area contributed by atoms with Gasteiger partial charge in [-0.2, -0.15) is 0 Å². The first-order chi connectivity index (χ1) is 20.9. The summed E-state index contributed by atoms with van der Waals surface area (Å²) in [5.41, 5.74) is 1.90. The summed E-state index contributed by atoms with van der Waals surface area (Å²) in [6.45, 7) is 1.46. The number of benzene rings is 2. The van der Waals surface area contributed by atoms with Crippen LogP contribution in [0.3, 0.4) is 0 Å². The van der Waals surface area contributed by atoms with Crippen LogP contribution in [-0.4, -0.2) is 109 Å². The third-order valence-corrected chi connectivity index (χ3v) is 8.26. The normalized spacial score (nSPS) is 23.7. The third kappa shape index (κ3) is 5.76. The van der Waals surface area contributed by atoms with Gasteiger partial charge in [-0.25, -0.2) is 0 Å². The Morgan fingerprint density at radius 1 is 0.698 bits per heavy atom. The summed E-state index contributed by atoms with van der Waals surface area (Å²) >= 11 is 0. The maximum absolute atomic E-state index is 13.1. The van der Waals surface area contributed by atoms with Crippen molar-refractivity contribution in [1.82, 2.24) is 9.80 Å². The second kappa shape index (κ2) is 12.2. The van der Waals surface area contributed by atoms with Gasteiger partial charge in [0, 0.05) is 50.5 Å². The van der Waals surface area contributed by atoms with Crippen molar-refractivity contribution in [2.24, 2.45) is 9.98 Å². The summed E-state index contributed by atoms with van der Waals surface area (Å²) in [4.78, 5) is 38.5. The number of nitrogens with zero attached hydrogens (tertiary/aromatic N) is 4. The minimum Gasteiger partial charge on any atom is -0.493 e. The second-order valence-corrected chi connectivity index (χ2v) is 11.2. The molecule has 2 amide bonds. The van der Waals surface area contributed by atoms with Gasteiger partial charge in [0.2, 0.25) is 0 Å². The number of aliphatic hydroxyl groups excluding tert-OH is 2. The Labute approximate surface area is 249 Å². The van der Waals surface area contributed by atoms with E-state index in [0.717, 1.165) is 19.3 Å². The summed E-state index contributed by atoms with van der Waals surface area (Å²) in [6.07, 6.45) is 5.67. The van der Waals surface area contributed by atoms with Gasteiger partial charge in [0.05, 0.1) is 74.2 Å². The number of ether oxygens (including phenoxy) is 4. The van der Waals surface area contributed by atoms with E-state index in [-0.39, 0.29) is 37.0 Å². The molecule has 2 N–H and O–H groups in total. The van der Waals surface area contributed by atoms with Gasteiger partial charge >= 0.3 is 0 Å². The molecule has 2 aromatic rings. The minimum atomic E-state index is -0.545. The molecule has 6 rings (SSSR count). The molecule has 0 bridgehead atoms. The van der Waals surface area contributed by atoms with E-state index in [4.69, 9.17) is 18.9 Å². The summed E-state index contributed by atoms with van der Waals surface area (Å²) in [5, 5.41) is 19.9. The number of hydrogen-bond acceptors (Lipinski definition) is 10. The second-order valence-electron chi connectivity index (χ2n) is 11.2. The van der Waals surface area contributed by atoms with Crippen molar-refractivity contribution >= 4 is 35.6 Å². The zero-order valence-corrected chi connectivity index (χ0v) is 24.3. The van der Waals surface area contributed by atoms with Gasteiger partial charge < -0.3 is 39.0 Å². The van der Waals surface area contributed by atoms with Crippen LogP contribution in [0.15, 0.2) is 34.3 Å². The van der Waals surface area contributed by atoms with Crippen LogP contribution in [0.25, 0.3) is 0 Å². The molecule has 4 aliphatic rings. The van der Waals surface area contributed by atoms with Crippen molar-refractivity contribution in [3.05, 3.63) is 35.4 Å². The van der Waals surface area contributed by atoms with Crippen LogP contribution < -0.4 is 18.9 Å². The quantitative estimate of drug-likeness (QED) is 0.401. The molecule has 12 nitrogen and oxygen atoms in total. The molecule has 0 saturated carbocycles. The molecule has 43 heavy (non-hydrogen) atoms. The van der Waals surface area contributed by atoms with E-state index in [1.54, 1.807) is 46.5 Å². The highest BCUT2D eigenvalue weighted by atomic mass is 16.5. The minimum absolute atomic E-state index is 0.177. The van der Waals surface area contributed by atoms with Gasteiger partial charge in [0.15, 0.2) is 23.0 Å². The molecule has 0 aliphatic carbocycles. The molecular formula is C31H36N4O8. The van der Waals surface area contributed by atoms with E-state index in [9.17, 15) is 19.8 Å². The maximum Gasteiger partial charge on any atom is 0.256 e. The fourth-order valence-electron chi connectivity index (χ4n) is 6.02. The fourth-order valence-corrected chi connectivity index (χ4v) is 6.02. The lowest BCUT2D eigenvalue weighted by Gasteiger charge is -2.20. The number of aliphatic hydroxyl groups is 2. The van der Waals surface area contributed by atoms with Crippen LogP contribution in [0.2, 0.25) is 0 Å². The van der Waals surface area contributed by atoms with Crippen molar-refractivity contribution in [3.8, 4) is 23.0 Å². The van der Waals surface area contributed by atoms with Crippen molar-refractivity contribution in [3.63, 3.8) is 0 Å². The smallest absolute Gasteiger partial charge is 0.256 e. The van der Waals surface area contributed by atoms with E-state index in [1.807, 2.05) is 0 Å². The van der Waals surface area contributed by atoms with E-state index in [2.05, 4.69) is 9.98 Å². The molecule has 0 radical (unpaired) electrons. The Balaban J connectivity index is 1.02. The molecule has 2 fully saturated rings. The van der Waals surface area contributed by atoms with Crippen LogP contribution in [-0.2, 0) is 0 Å². The maximum atomic E-state index is 13.1. The van der Waals surface area contributed by atoms with Crippen LogP contribution in [0.1, 0.15) is 52.8 Å². The highest BCUT2D eigenvalue weighted by Gasteiger charge is 2.38. The Morgan fingerprint density at radius 2 is 1.14 bits per heavy atom. The van der Waals surface area contributed by atoms with Crippen LogP contribution in [0, 0.1) is 0 Å². The molecule has 2 aromatic carbocycles. The van der Waals surface area contributed by atoms with Gasteiger partial charge in [0.25, 0.3) is 11.8 Å². The molecule has 0 unspecified atom stereocenters. The van der Waals surface area contributed by atoms with E-state index in [1.165, 1.54) is 14.2 Å². The first-order valence-electron chi connectivity index (χ1n) is 14.6. The zero-order chi connectivity index (χ0) is 30.1. The number of carbonyl (C=O) groups excluding carboxylic acids is 2. The highest BCUT2D eigenvalue weighted by molar-refractivity contribution is 6.04. The van der Waals surface area contributed by atoms with Gasteiger partial charge in [-0.05, 0) is 31.4 Å². The highest BCUT2D eigenvalue weighted by Crippen LogP contribution is 2.39. The summed E-state index contributed by atoms with van der Waals surface area (Å²) in [6, 6.07) is 6.33. The summed E-state index contributed by atoms with van der Waals surface area (Å²) in [5.74, 6) is 1.59. The van der Waals surface area contributed by atoms with Gasteiger partial charge in [-0.15, -0.1) is 0 Å². The number of rotatable bonds is 10. The van der Waals surface area contributed by atoms with Crippen molar-refractivity contribution in [1.29, 1.82) is 0 Å². The number of unbranched alkanes of at least 4 members (excludes halogenated alkanes) is 2. The van der Waals surface area contributed by atoms with E-state index < -0.39 is 12.2 Å².